The predicted octanol–water partition coefficient (Wildman–Crippen LogP) is 5.50. The smallest absolute Gasteiger partial charge is 0.256 e. The van der Waals surface area contributed by atoms with Crippen LogP contribution in [0.2, 0.25) is 0 Å². The number of carbonyl (C=O) groups is 1. The molecule has 0 aliphatic carbocycles. The van der Waals surface area contributed by atoms with Crippen molar-refractivity contribution in [1.29, 1.82) is 0 Å². The zero-order valence-electron chi connectivity index (χ0n) is 17.2. The van der Waals surface area contributed by atoms with Crippen LogP contribution < -0.4 is 10.2 Å². The highest BCUT2D eigenvalue weighted by molar-refractivity contribution is 7.98. The van der Waals surface area contributed by atoms with Crippen molar-refractivity contribution >= 4 is 29.2 Å². The summed E-state index contributed by atoms with van der Waals surface area (Å²) in [5.41, 5.74) is 3.25. The van der Waals surface area contributed by atoms with E-state index in [0.29, 0.717) is 5.56 Å². The molecule has 1 saturated heterocycles. The molecule has 1 aromatic heterocycles. The second-order valence-electron chi connectivity index (χ2n) is 7.41. The maximum absolute atomic E-state index is 12.6. The zero-order valence-corrected chi connectivity index (χ0v) is 18.0. The van der Waals surface area contributed by atoms with E-state index in [1.807, 2.05) is 60.9 Å². The number of nitrogens with zero attached hydrogens (tertiary/aromatic N) is 3. The minimum Gasteiger partial charge on any atom is -0.355 e. The number of thioether (sulfide) groups is 1. The van der Waals surface area contributed by atoms with Gasteiger partial charge in [0, 0.05) is 29.2 Å². The summed E-state index contributed by atoms with van der Waals surface area (Å²) in [7, 11) is 0. The molecule has 0 spiro atoms. The van der Waals surface area contributed by atoms with E-state index in [9.17, 15) is 4.79 Å². The fraction of sp³-hybridized carbons (Fsp3) is 0.292. The first-order chi connectivity index (χ1) is 14.7. The third-order valence-corrected chi connectivity index (χ3v) is 6.17. The van der Waals surface area contributed by atoms with Gasteiger partial charge < -0.3 is 10.2 Å². The van der Waals surface area contributed by atoms with Crippen LogP contribution in [0, 0.1) is 0 Å². The summed E-state index contributed by atoms with van der Waals surface area (Å²) in [5.74, 6) is 0.853. The van der Waals surface area contributed by atoms with Crippen molar-refractivity contribution in [2.75, 3.05) is 29.6 Å². The van der Waals surface area contributed by atoms with Crippen LogP contribution in [0.5, 0.6) is 0 Å². The Hall–Kier alpha value is -2.86. The number of nitrogens with one attached hydrogen (secondary N) is 1. The van der Waals surface area contributed by atoms with Gasteiger partial charge in [0.25, 0.3) is 5.91 Å². The van der Waals surface area contributed by atoms with Crippen molar-refractivity contribution in [2.24, 2.45) is 0 Å². The summed E-state index contributed by atoms with van der Waals surface area (Å²) in [6.07, 6.45) is 7.01. The highest BCUT2D eigenvalue weighted by Crippen LogP contribution is 2.24. The fourth-order valence-corrected chi connectivity index (χ4v) is 4.30. The molecule has 0 radical (unpaired) electrons. The Morgan fingerprint density at radius 2 is 1.63 bits per heavy atom. The summed E-state index contributed by atoms with van der Waals surface area (Å²) < 4.78 is 0. The van der Waals surface area contributed by atoms with Crippen LogP contribution in [0.25, 0.3) is 11.3 Å². The lowest BCUT2D eigenvalue weighted by Crippen LogP contribution is -2.25. The van der Waals surface area contributed by atoms with Crippen molar-refractivity contribution in [2.45, 2.75) is 30.6 Å². The molecule has 154 valence electrons. The molecule has 0 saturated carbocycles. The molecular weight excluding hydrogens is 392 g/mol. The molecule has 2 aromatic carbocycles. The molecule has 1 amide bonds. The fourth-order valence-electron chi connectivity index (χ4n) is 3.70. The normalized spacial score (nSPS) is 14.2. The Bertz CT molecular complexity index is 981. The molecule has 0 bridgehead atoms. The van der Waals surface area contributed by atoms with Gasteiger partial charge in [-0.2, -0.15) is 0 Å². The van der Waals surface area contributed by atoms with Crippen molar-refractivity contribution in [3.8, 4) is 11.3 Å². The summed E-state index contributed by atoms with van der Waals surface area (Å²) in [4.78, 5) is 15.9. The van der Waals surface area contributed by atoms with E-state index in [2.05, 4.69) is 26.5 Å². The first kappa shape index (κ1) is 20.4. The van der Waals surface area contributed by atoms with Crippen LogP contribution in [0.4, 0.5) is 11.5 Å². The number of hydrogen-bond acceptors (Lipinski definition) is 5. The Morgan fingerprint density at radius 1 is 0.900 bits per heavy atom. The van der Waals surface area contributed by atoms with Gasteiger partial charge in [-0.05, 0) is 55.5 Å². The van der Waals surface area contributed by atoms with Gasteiger partial charge in [-0.3, -0.25) is 4.79 Å². The maximum Gasteiger partial charge on any atom is 0.256 e. The third kappa shape index (κ3) is 4.82. The van der Waals surface area contributed by atoms with Crippen molar-refractivity contribution in [3.63, 3.8) is 0 Å². The Morgan fingerprint density at radius 3 is 2.30 bits per heavy atom. The van der Waals surface area contributed by atoms with Gasteiger partial charge in [-0.15, -0.1) is 22.0 Å². The molecule has 0 atom stereocenters. The van der Waals surface area contributed by atoms with Gasteiger partial charge in [-0.1, -0.05) is 37.1 Å². The van der Waals surface area contributed by atoms with E-state index in [0.717, 1.165) is 40.7 Å². The van der Waals surface area contributed by atoms with E-state index in [4.69, 9.17) is 0 Å². The highest BCUT2D eigenvalue weighted by atomic mass is 32.2. The molecule has 6 heteroatoms. The second kappa shape index (κ2) is 9.76. The Kier molecular flexibility index (Phi) is 6.64. The quantitative estimate of drug-likeness (QED) is 0.555. The molecule has 1 aliphatic rings. The molecule has 3 aromatic rings. The summed E-state index contributed by atoms with van der Waals surface area (Å²) in [6, 6.07) is 19.4. The maximum atomic E-state index is 12.6. The van der Waals surface area contributed by atoms with Crippen LogP contribution in [-0.2, 0) is 0 Å². The molecule has 0 unspecified atom stereocenters. The number of aromatic nitrogens is 2. The summed E-state index contributed by atoms with van der Waals surface area (Å²) >= 11 is 1.57. The number of rotatable bonds is 5. The molecule has 1 fully saturated rings. The topological polar surface area (TPSA) is 58.1 Å². The molecule has 5 nitrogen and oxygen atoms in total. The van der Waals surface area contributed by atoms with Gasteiger partial charge in [0.1, 0.15) is 0 Å². The van der Waals surface area contributed by atoms with Crippen molar-refractivity contribution in [1.82, 2.24) is 10.2 Å². The molecule has 2 heterocycles. The molecule has 1 aliphatic heterocycles. The van der Waals surface area contributed by atoms with Gasteiger partial charge >= 0.3 is 0 Å². The molecular formula is C24H26N4OS. The lowest BCUT2D eigenvalue weighted by molar-refractivity contribution is 0.102. The monoisotopic (exact) mass is 418 g/mol. The Balaban J connectivity index is 1.43. The molecule has 4 rings (SSSR count). The molecule has 30 heavy (non-hydrogen) atoms. The van der Waals surface area contributed by atoms with E-state index in [1.165, 1.54) is 25.7 Å². The molecule has 1 N–H and O–H groups in total. The lowest BCUT2D eigenvalue weighted by atomic mass is 10.1. The number of anilines is 2. The number of benzene rings is 2. The predicted molar refractivity (Wildman–Crippen MR) is 124 cm³/mol. The van der Waals surface area contributed by atoms with E-state index in [1.54, 1.807) is 11.8 Å². The lowest BCUT2D eigenvalue weighted by Gasteiger charge is -2.20. The highest BCUT2D eigenvalue weighted by Gasteiger charge is 2.13. The van der Waals surface area contributed by atoms with Gasteiger partial charge in [0.05, 0.1) is 11.3 Å². The second-order valence-corrected chi connectivity index (χ2v) is 8.26. The van der Waals surface area contributed by atoms with E-state index in [-0.39, 0.29) is 5.91 Å². The van der Waals surface area contributed by atoms with Crippen molar-refractivity contribution < 1.29 is 4.79 Å². The average Bonchev–Trinajstić information content (AvgIpc) is 3.09. The minimum atomic E-state index is -0.103. The summed E-state index contributed by atoms with van der Waals surface area (Å²) in [5, 5.41) is 11.9. The number of carbonyl (C=O) groups excluding carboxylic acids is 1. The van der Waals surface area contributed by atoms with Gasteiger partial charge in [0.15, 0.2) is 5.82 Å². The SMILES string of the molecule is CSc1ccccc1C(=O)Nc1ccc(-c2ccc(N3CCCCCC3)nn2)cc1. The van der Waals surface area contributed by atoms with Crippen LogP contribution in [0.15, 0.2) is 65.6 Å². The van der Waals surface area contributed by atoms with E-state index < -0.39 is 0 Å². The van der Waals surface area contributed by atoms with Crippen LogP contribution in [-0.4, -0.2) is 35.4 Å². The first-order valence-corrected chi connectivity index (χ1v) is 11.6. The first-order valence-electron chi connectivity index (χ1n) is 10.4. The number of amides is 1. The standard InChI is InChI=1S/C24H26N4OS/c1-30-22-9-5-4-8-20(22)24(29)25-19-12-10-18(11-13-19)21-14-15-23(27-26-21)28-16-6-2-3-7-17-28/h4-5,8-15H,2-3,6-7,16-17H2,1H3,(H,25,29). The van der Waals surface area contributed by atoms with Gasteiger partial charge in [0.2, 0.25) is 0 Å². The average molecular weight is 419 g/mol. The van der Waals surface area contributed by atoms with E-state index >= 15 is 0 Å². The minimum absolute atomic E-state index is 0.103. The third-order valence-electron chi connectivity index (χ3n) is 5.37. The number of hydrogen-bond donors (Lipinski definition) is 1. The van der Waals surface area contributed by atoms with Gasteiger partial charge in [-0.25, -0.2) is 0 Å². The van der Waals surface area contributed by atoms with Crippen LogP contribution >= 0.6 is 11.8 Å². The van der Waals surface area contributed by atoms with Crippen molar-refractivity contribution in [3.05, 3.63) is 66.2 Å². The summed E-state index contributed by atoms with van der Waals surface area (Å²) in [6.45, 7) is 2.12. The zero-order chi connectivity index (χ0) is 20.8. The Labute approximate surface area is 181 Å². The largest absolute Gasteiger partial charge is 0.355 e. The van der Waals surface area contributed by atoms with Crippen LogP contribution in [0.3, 0.4) is 0 Å². The van der Waals surface area contributed by atoms with Crippen LogP contribution in [0.1, 0.15) is 36.0 Å².